The molecule has 0 amide bonds. The van der Waals surface area contributed by atoms with Crippen LogP contribution in [-0.4, -0.2) is 63.7 Å². The summed E-state index contributed by atoms with van der Waals surface area (Å²) in [6, 6.07) is 8.32. The van der Waals surface area contributed by atoms with Crippen molar-refractivity contribution in [1.82, 2.24) is 44.0 Å². The third kappa shape index (κ3) is 4.52. The molecule has 1 aliphatic heterocycles. The van der Waals surface area contributed by atoms with Crippen LogP contribution < -0.4 is 10.1 Å². The Balaban J connectivity index is 1.44. The average Bonchev–Trinajstić information content (AvgIpc) is 3.61. The molecule has 39 heavy (non-hydrogen) atoms. The van der Waals surface area contributed by atoms with Crippen LogP contribution in [0.15, 0.2) is 42.9 Å². The molecular formula is C28H34N10O. The van der Waals surface area contributed by atoms with Crippen LogP contribution in [0.25, 0.3) is 33.7 Å². The summed E-state index contributed by atoms with van der Waals surface area (Å²) in [5.74, 6) is 2.53. The molecule has 0 aliphatic carbocycles. The first-order valence-corrected chi connectivity index (χ1v) is 13.5. The number of nitrogens with zero attached hydrogens (tertiary/aromatic N) is 9. The molecule has 6 rings (SSSR count). The minimum absolute atomic E-state index is 0.0839. The fourth-order valence-corrected chi connectivity index (χ4v) is 5.14. The number of hydrogen-bond acceptors (Lipinski definition) is 8. The van der Waals surface area contributed by atoms with E-state index in [-0.39, 0.29) is 6.04 Å². The lowest BCUT2D eigenvalue weighted by molar-refractivity contribution is 0.260. The van der Waals surface area contributed by atoms with Crippen LogP contribution in [0.4, 0.5) is 11.6 Å². The largest absolute Gasteiger partial charge is 0.477 e. The Bertz CT molecular complexity index is 1630. The minimum atomic E-state index is 0.0839. The summed E-state index contributed by atoms with van der Waals surface area (Å²) in [5, 5.41) is 13.9. The van der Waals surface area contributed by atoms with Crippen LogP contribution in [0.3, 0.4) is 0 Å². The second-order valence-electron chi connectivity index (χ2n) is 9.97. The lowest BCUT2D eigenvalue weighted by Gasteiger charge is -2.18. The number of hydrogen-bond donors (Lipinski definition) is 1. The van der Waals surface area contributed by atoms with Crippen LogP contribution in [0, 0.1) is 0 Å². The highest BCUT2D eigenvalue weighted by Gasteiger charge is 2.22. The van der Waals surface area contributed by atoms with E-state index in [1.165, 1.54) is 5.69 Å². The topological polar surface area (TPSA) is 104 Å². The first-order valence-electron chi connectivity index (χ1n) is 13.5. The quantitative estimate of drug-likeness (QED) is 0.356. The normalized spacial score (nSPS) is 15.3. The van der Waals surface area contributed by atoms with E-state index in [2.05, 4.69) is 69.5 Å². The van der Waals surface area contributed by atoms with Gasteiger partial charge in [0.25, 0.3) is 0 Å². The highest BCUT2D eigenvalue weighted by molar-refractivity contribution is 5.93. The Hall–Kier alpha value is -4.25. The van der Waals surface area contributed by atoms with Crippen molar-refractivity contribution < 1.29 is 4.74 Å². The predicted molar refractivity (Wildman–Crippen MR) is 151 cm³/mol. The molecule has 0 aromatic carbocycles. The van der Waals surface area contributed by atoms with Crippen LogP contribution in [-0.2, 0) is 20.6 Å². The Kier molecular flexibility index (Phi) is 6.51. The number of rotatable bonds is 5. The Morgan fingerprint density at radius 1 is 1.08 bits per heavy atom. The van der Waals surface area contributed by atoms with E-state index in [9.17, 15) is 0 Å². The molecule has 5 aromatic heterocycles. The van der Waals surface area contributed by atoms with E-state index < -0.39 is 0 Å². The van der Waals surface area contributed by atoms with E-state index >= 15 is 0 Å². The monoisotopic (exact) mass is 526 g/mol. The van der Waals surface area contributed by atoms with E-state index in [4.69, 9.17) is 19.8 Å². The molecule has 6 heterocycles. The number of nitrogens with one attached hydrogen (secondary N) is 1. The zero-order chi connectivity index (χ0) is 27.1. The van der Waals surface area contributed by atoms with Crippen molar-refractivity contribution in [1.29, 1.82) is 0 Å². The molecule has 0 saturated heterocycles. The van der Waals surface area contributed by atoms with E-state index in [0.29, 0.717) is 29.9 Å². The number of fused-ring (bicyclic) bond motifs is 5. The maximum Gasteiger partial charge on any atom is 0.222 e. The van der Waals surface area contributed by atoms with Crippen LogP contribution in [0.1, 0.15) is 38.9 Å². The van der Waals surface area contributed by atoms with Gasteiger partial charge in [-0.3, -0.25) is 9.58 Å². The van der Waals surface area contributed by atoms with Gasteiger partial charge in [-0.2, -0.15) is 10.2 Å². The molecule has 0 radical (unpaired) electrons. The molecule has 11 nitrogen and oxygen atoms in total. The molecule has 0 fully saturated rings. The van der Waals surface area contributed by atoms with Gasteiger partial charge < -0.3 is 14.6 Å². The van der Waals surface area contributed by atoms with Gasteiger partial charge in [0.05, 0.1) is 30.1 Å². The minimum Gasteiger partial charge on any atom is -0.477 e. The molecule has 11 heteroatoms. The van der Waals surface area contributed by atoms with Crippen molar-refractivity contribution in [2.75, 3.05) is 25.0 Å². The van der Waals surface area contributed by atoms with Gasteiger partial charge in [-0.05, 0) is 38.2 Å². The van der Waals surface area contributed by atoms with Gasteiger partial charge in [0.15, 0.2) is 5.82 Å². The zero-order valence-electron chi connectivity index (χ0n) is 23.1. The molecule has 5 aromatic rings. The molecule has 0 unspecified atom stereocenters. The number of anilines is 2. The van der Waals surface area contributed by atoms with E-state index in [0.717, 1.165) is 53.9 Å². The fourth-order valence-electron chi connectivity index (χ4n) is 5.14. The highest BCUT2D eigenvalue weighted by Crippen LogP contribution is 2.34. The van der Waals surface area contributed by atoms with Crippen molar-refractivity contribution >= 4 is 22.5 Å². The average molecular weight is 527 g/mol. The lowest BCUT2D eigenvalue weighted by atomic mass is 10.2. The second-order valence-corrected chi connectivity index (χ2v) is 9.97. The van der Waals surface area contributed by atoms with Gasteiger partial charge in [0.2, 0.25) is 5.88 Å². The van der Waals surface area contributed by atoms with Gasteiger partial charge in [0, 0.05) is 56.6 Å². The van der Waals surface area contributed by atoms with E-state index in [1.54, 1.807) is 17.1 Å². The molecule has 0 spiro atoms. The van der Waals surface area contributed by atoms with Gasteiger partial charge in [-0.25, -0.2) is 19.6 Å². The second kappa shape index (κ2) is 10.1. The summed E-state index contributed by atoms with van der Waals surface area (Å²) in [4.78, 5) is 16.3. The number of ether oxygens (including phenoxy) is 1. The molecule has 0 saturated carbocycles. The van der Waals surface area contributed by atoms with Crippen molar-refractivity contribution in [2.45, 2.75) is 39.8 Å². The van der Waals surface area contributed by atoms with Gasteiger partial charge in [-0.15, -0.1) is 0 Å². The number of aromatic nitrogens is 8. The zero-order valence-corrected chi connectivity index (χ0v) is 23.1. The summed E-state index contributed by atoms with van der Waals surface area (Å²) in [6.45, 7) is 10.00. The first kappa shape index (κ1) is 25.1. The number of pyridine rings is 1. The summed E-state index contributed by atoms with van der Waals surface area (Å²) < 4.78 is 12.3. The molecule has 1 N–H and O–H groups in total. The summed E-state index contributed by atoms with van der Waals surface area (Å²) in [5.41, 5.74) is 5.01. The van der Waals surface area contributed by atoms with Crippen LogP contribution in [0.2, 0.25) is 0 Å². The van der Waals surface area contributed by atoms with Crippen LogP contribution >= 0.6 is 0 Å². The molecule has 202 valence electrons. The molecule has 1 atom stereocenters. The lowest BCUT2D eigenvalue weighted by Crippen LogP contribution is -2.23. The van der Waals surface area contributed by atoms with Crippen molar-refractivity contribution in [3.63, 3.8) is 0 Å². The smallest absolute Gasteiger partial charge is 0.222 e. The van der Waals surface area contributed by atoms with Gasteiger partial charge in [0.1, 0.15) is 22.9 Å². The third-order valence-electron chi connectivity index (χ3n) is 7.57. The number of aryl methyl sites for hydroxylation is 1. The maximum atomic E-state index is 6.23. The summed E-state index contributed by atoms with van der Waals surface area (Å²) in [6.07, 6.45) is 6.12. The molecule has 4 bridgehead atoms. The van der Waals surface area contributed by atoms with Crippen LogP contribution in [0.5, 0.6) is 5.88 Å². The SMILES string of the molecule is CCN(CC)Cc1ccc(-c2nn3c4cc(ncc24)Nc2ccnc(n2)-c2cnn(C)c2OCC[C@@H]3C)n1C. The summed E-state index contributed by atoms with van der Waals surface area (Å²) >= 11 is 0. The Morgan fingerprint density at radius 2 is 1.92 bits per heavy atom. The third-order valence-corrected chi connectivity index (χ3v) is 7.57. The molecule has 1 aliphatic rings. The standard InChI is InChI=1S/C28H34N10O/c1-6-37(7-2)17-19-8-9-22(35(19)4)26-20-15-30-25-14-23(20)38(34-26)18(3)11-13-39-28-21(16-31-36(28)5)27-29-12-10-24(32-25)33-27/h8-10,12,14-16,18H,6-7,11,13,17H2,1-5H3,(H,29,30,32,33)/t18-/m0/s1. The fraction of sp³-hybridized carbons (Fsp3) is 0.393. The summed E-state index contributed by atoms with van der Waals surface area (Å²) in [7, 11) is 3.98. The van der Waals surface area contributed by atoms with Crippen molar-refractivity contribution in [3.8, 4) is 28.7 Å². The molecular weight excluding hydrogens is 492 g/mol. The highest BCUT2D eigenvalue weighted by atomic mass is 16.5. The maximum absolute atomic E-state index is 6.23. The van der Waals surface area contributed by atoms with Crippen molar-refractivity contribution in [3.05, 3.63) is 48.5 Å². The van der Waals surface area contributed by atoms with Gasteiger partial charge >= 0.3 is 0 Å². The van der Waals surface area contributed by atoms with Crippen molar-refractivity contribution in [2.24, 2.45) is 14.1 Å². The first-order chi connectivity index (χ1) is 19.0. The predicted octanol–water partition coefficient (Wildman–Crippen LogP) is 4.56. The van der Waals surface area contributed by atoms with E-state index in [1.807, 2.05) is 25.4 Å². The van der Waals surface area contributed by atoms with Gasteiger partial charge in [-0.1, -0.05) is 13.8 Å². The Labute approximate surface area is 227 Å². The Morgan fingerprint density at radius 3 is 2.74 bits per heavy atom.